The monoisotopic (exact) mass is 267 g/mol. The van der Waals surface area contributed by atoms with Crippen molar-refractivity contribution in [2.45, 2.75) is 26.3 Å². The molecule has 0 fully saturated rings. The number of rotatable bonds is 3. The second kappa shape index (κ2) is 5.53. The minimum atomic E-state index is 0.851. The van der Waals surface area contributed by atoms with Gasteiger partial charge in [0.15, 0.2) is 0 Å². The number of nitrogens with one attached hydrogen (secondary N) is 1. The lowest BCUT2D eigenvalue weighted by molar-refractivity contribution is 0.743. The van der Waals surface area contributed by atoms with Gasteiger partial charge >= 0.3 is 0 Å². The smallest absolute Gasteiger partial charge is 0.0559 e. The van der Waals surface area contributed by atoms with Crippen molar-refractivity contribution in [3.05, 3.63) is 53.3 Å². The molecule has 3 rings (SSSR count). The Kier molecular flexibility index (Phi) is 3.59. The van der Waals surface area contributed by atoms with Crippen LogP contribution in [0.5, 0.6) is 0 Å². The molecule has 0 radical (unpaired) electrons. The average molecular weight is 267 g/mol. The standard InChI is InChI=1S/C17H21N3/c1-13-7-8-18-12-16(13)19-11-14-5-6-17-15(10-14)4-3-9-20(17)2/h5-8,10,12,19H,3-4,9,11H2,1-2H3. The Balaban J connectivity index is 1.74. The van der Waals surface area contributed by atoms with E-state index in [9.17, 15) is 0 Å². The van der Waals surface area contributed by atoms with E-state index < -0.39 is 0 Å². The molecule has 0 spiro atoms. The van der Waals surface area contributed by atoms with Crippen LogP contribution in [0.2, 0.25) is 0 Å². The number of anilines is 2. The predicted molar refractivity (Wildman–Crippen MR) is 84.3 cm³/mol. The highest BCUT2D eigenvalue weighted by Crippen LogP contribution is 2.27. The average Bonchev–Trinajstić information content (AvgIpc) is 2.46. The zero-order valence-corrected chi connectivity index (χ0v) is 12.2. The molecule has 0 atom stereocenters. The maximum Gasteiger partial charge on any atom is 0.0559 e. The van der Waals surface area contributed by atoms with Gasteiger partial charge in [-0.05, 0) is 48.6 Å². The largest absolute Gasteiger partial charge is 0.380 e. The number of pyridine rings is 1. The van der Waals surface area contributed by atoms with Gasteiger partial charge in [0, 0.05) is 32.0 Å². The van der Waals surface area contributed by atoms with Gasteiger partial charge in [0.05, 0.1) is 11.9 Å². The van der Waals surface area contributed by atoms with E-state index in [1.807, 2.05) is 18.5 Å². The number of aromatic nitrogens is 1. The van der Waals surface area contributed by atoms with Gasteiger partial charge < -0.3 is 10.2 Å². The molecule has 1 aromatic heterocycles. The zero-order chi connectivity index (χ0) is 13.9. The molecule has 0 aliphatic carbocycles. The number of benzene rings is 1. The molecule has 0 bridgehead atoms. The van der Waals surface area contributed by atoms with Gasteiger partial charge in [0.1, 0.15) is 0 Å². The molecule has 0 saturated heterocycles. The van der Waals surface area contributed by atoms with Crippen LogP contribution < -0.4 is 10.2 Å². The van der Waals surface area contributed by atoms with Crippen LogP contribution in [0.4, 0.5) is 11.4 Å². The Morgan fingerprint density at radius 1 is 1.30 bits per heavy atom. The summed E-state index contributed by atoms with van der Waals surface area (Å²) in [5.41, 5.74) is 6.54. The molecule has 104 valence electrons. The Morgan fingerprint density at radius 3 is 3.05 bits per heavy atom. The maximum absolute atomic E-state index is 4.17. The summed E-state index contributed by atoms with van der Waals surface area (Å²) in [6, 6.07) is 8.84. The fourth-order valence-electron chi connectivity index (χ4n) is 2.79. The Hall–Kier alpha value is -2.03. The van der Waals surface area contributed by atoms with Crippen molar-refractivity contribution in [3.63, 3.8) is 0 Å². The zero-order valence-electron chi connectivity index (χ0n) is 12.2. The number of hydrogen-bond donors (Lipinski definition) is 1. The molecule has 0 unspecified atom stereocenters. The summed E-state index contributed by atoms with van der Waals surface area (Å²) in [7, 11) is 2.18. The van der Waals surface area contributed by atoms with Crippen molar-refractivity contribution in [1.82, 2.24) is 4.98 Å². The van der Waals surface area contributed by atoms with E-state index in [1.165, 1.54) is 41.8 Å². The van der Waals surface area contributed by atoms with Crippen LogP contribution in [0.25, 0.3) is 0 Å². The number of nitrogens with zero attached hydrogens (tertiary/aromatic N) is 2. The third kappa shape index (κ3) is 2.62. The Morgan fingerprint density at radius 2 is 2.20 bits per heavy atom. The normalized spacial score (nSPS) is 14.0. The summed E-state index contributed by atoms with van der Waals surface area (Å²) in [5.74, 6) is 0. The van der Waals surface area contributed by atoms with Gasteiger partial charge in [-0.25, -0.2) is 0 Å². The van der Waals surface area contributed by atoms with Crippen LogP contribution in [0.1, 0.15) is 23.1 Å². The van der Waals surface area contributed by atoms with Crippen LogP contribution in [-0.2, 0) is 13.0 Å². The third-order valence-electron chi connectivity index (χ3n) is 4.02. The highest BCUT2D eigenvalue weighted by Gasteiger charge is 2.13. The minimum Gasteiger partial charge on any atom is -0.380 e. The van der Waals surface area contributed by atoms with Crippen LogP contribution in [0, 0.1) is 6.92 Å². The van der Waals surface area contributed by atoms with E-state index in [0.29, 0.717) is 0 Å². The highest BCUT2D eigenvalue weighted by atomic mass is 15.1. The van der Waals surface area contributed by atoms with E-state index in [4.69, 9.17) is 0 Å². The SMILES string of the molecule is Cc1ccncc1NCc1ccc2c(c1)CCCN2C. The van der Waals surface area contributed by atoms with Crippen molar-refractivity contribution in [3.8, 4) is 0 Å². The summed E-state index contributed by atoms with van der Waals surface area (Å²) in [6.45, 7) is 4.12. The van der Waals surface area contributed by atoms with Gasteiger partial charge in [-0.1, -0.05) is 12.1 Å². The van der Waals surface area contributed by atoms with Crippen molar-refractivity contribution >= 4 is 11.4 Å². The predicted octanol–water partition coefficient (Wildman–Crippen LogP) is 3.38. The first-order valence-electron chi connectivity index (χ1n) is 7.21. The van der Waals surface area contributed by atoms with Crippen LogP contribution >= 0.6 is 0 Å². The number of fused-ring (bicyclic) bond motifs is 1. The molecule has 20 heavy (non-hydrogen) atoms. The van der Waals surface area contributed by atoms with Crippen molar-refractivity contribution < 1.29 is 0 Å². The van der Waals surface area contributed by atoms with E-state index in [-0.39, 0.29) is 0 Å². The Labute approximate surface area is 120 Å². The fourth-order valence-corrected chi connectivity index (χ4v) is 2.79. The molecule has 3 heteroatoms. The molecule has 2 heterocycles. The second-order valence-corrected chi connectivity index (χ2v) is 5.53. The highest BCUT2D eigenvalue weighted by molar-refractivity contribution is 5.57. The van der Waals surface area contributed by atoms with Gasteiger partial charge in [-0.3, -0.25) is 4.98 Å². The maximum atomic E-state index is 4.17. The van der Waals surface area contributed by atoms with Gasteiger partial charge in [0.25, 0.3) is 0 Å². The number of hydrogen-bond acceptors (Lipinski definition) is 3. The molecule has 1 aromatic carbocycles. The van der Waals surface area contributed by atoms with Gasteiger partial charge in [-0.15, -0.1) is 0 Å². The van der Waals surface area contributed by atoms with Crippen molar-refractivity contribution in [1.29, 1.82) is 0 Å². The third-order valence-corrected chi connectivity index (χ3v) is 4.02. The fraction of sp³-hybridized carbons (Fsp3) is 0.353. The summed E-state index contributed by atoms with van der Waals surface area (Å²) in [4.78, 5) is 6.52. The lowest BCUT2D eigenvalue weighted by Gasteiger charge is -2.27. The van der Waals surface area contributed by atoms with Crippen LogP contribution in [-0.4, -0.2) is 18.6 Å². The minimum absolute atomic E-state index is 0.851. The van der Waals surface area contributed by atoms with E-state index >= 15 is 0 Å². The lowest BCUT2D eigenvalue weighted by atomic mass is 9.99. The quantitative estimate of drug-likeness (QED) is 0.924. The van der Waals surface area contributed by atoms with Crippen molar-refractivity contribution in [2.24, 2.45) is 0 Å². The summed E-state index contributed by atoms with van der Waals surface area (Å²) >= 11 is 0. The molecule has 1 N–H and O–H groups in total. The molecular formula is C17H21N3. The molecule has 1 aliphatic rings. The molecule has 2 aromatic rings. The van der Waals surface area contributed by atoms with Crippen molar-refractivity contribution in [2.75, 3.05) is 23.8 Å². The Bertz CT molecular complexity index is 607. The van der Waals surface area contributed by atoms with Gasteiger partial charge in [0.2, 0.25) is 0 Å². The first-order valence-corrected chi connectivity index (χ1v) is 7.21. The summed E-state index contributed by atoms with van der Waals surface area (Å²) in [5, 5.41) is 3.47. The van der Waals surface area contributed by atoms with Crippen LogP contribution in [0.15, 0.2) is 36.7 Å². The summed E-state index contributed by atoms with van der Waals surface area (Å²) in [6.07, 6.45) is 6.16. The van der Waals surface area contributed by atoms with E-state index in [0.717, 1.165) is 12.2 Å². The number of aryl methyl sites for hydroxylation is 2. The molecular weight excluding hydrogens is 246 g/mol. The molecule has 3 nitrogen and oxygen atoms in total. The first kappa shape index (κ1) is 13.0. The van der Waals surface area contributed by atoms with Crippen LogP contribution in [0.3, 0.4) is 0 Å². The second-order valence-electron chi connectivity index (χ2n) is 5.53. The molecule has 1 aliphatic heterocycles. The first-order chi connectivity index (χ1) is 9.74. The molecule has 0 saturated carbocycles. The lowest BCUT2D eigenvalue weighted by Crippen LogP contribution is -2.24. The summed E-state index contributed by atoms with van der Waals surface area (Å²) < 4.78 is 0. The molecule has 0 amide bonds. The van der Waals surface area contributed by atoms with E-state index in [2.05, 4.69) is 47.4 Å². The topological polar surface area (TPSA) is 28.2 Å². The van der Waals surface area contributed by atoms with E-state index in [1.54, 1.807) is 0 Å². The van der Waals surface area contributed by atoms with Gasteiger partial charge in [-0.2, -0.15) is 0 Å².